The van der Waals surface area contributed by atoms with Crippen molar-refractivity contribution in [1.29, 1.82) is 0 Å². The van der Waals surface area contributed by atoms with Crippen LogP contribution in [0.25, 0.3) is 0 Å². The van der Waals surface area contributed by atoms with Crippen LogP contribution in [0.5, 0.6) is 0 Å². The molecule has 3 nitrogen and oxygen atoms in total. The lowest BCUT2D eigenvalue weighted by molar-refractivity contribution is -0.133. The van der Waals surface area contributed by atoms with E-state index in [0.29, 0.717) is 17.9 Å². The molecule has 3 aliphatic rings. The van der Waals surface area contributed by atoms with Crippen molar-refractivity contribution in [3.8, 4) is 0 Å². The number of likely N-dealkylation sites (tertiary alicyclic amines) is 1. The second-order valence-corrected chi connectivity index (χ2v) is 6.77. The highest BCUT2D eigenvalue weighted by Crippen LogP contribution is 2.41. The molecular formula is C15H18N2OS. The molecule has 4 rings (SSSR count). The Kier molecular flexibility index (Phi) is 2.81. The van der Waals surface area contributed by atoms with E-state index in [9.17, 15) is 4.79 Å². The minimum Gasteiger partial charge on any atom is -0.338 e. The van der Waals surface area contributed by atoms with Crippen LogP contribution >= 0.6 is 11.8 Å². The first-order valence-electron chi connectivity index (χ1n) is 7.07. The third-order valence-electron chi connectivity index (χ3n) is 4.73. The minimum atomic E-state index is 0.0838. The topological polar surface area (TPSA) is 32.3 Å². The molecule has 0 saturated carbocycles. The molecule has 1 N–H and O–H groups in total. The highest BCUT2D eigenvalue weighted by molar-refractivity contribution is 7.99. The lowest BCUT2D eigenvalue weighted by Gasteiger charge is -2.26. The number of nitrogens with one attached hydrogen (secondary N) is 1. The van der Waals surface area contributed by atoms with Crippen LogP contribution in [0.2, 0.25) is 0 Å². The van der Waals surface area contributed by atoms with Crippen LogP contribution in [0.1, 0.15) is 17.9 Å². The fraction of sp³-hybridized carbons (Fsp3) is 0.533. The van der Waals surface area contributed by atoms with Gasteiger partial charge in [-0.05, 0) is 24.0 Å². The van der Waals surface area contributed by atoms with Gasteiger partial charge in [-0.3, -0.25) is 4.79 Å². The maximum Gasteiger partial charge on any atom is 0.231 e. The molecule has 1 amide bonds. The van der Waals surface area contributed by atoms with Gasteiger partial charge in [0.1, 0.15) is 0 Å². The van der Waals surface area contributed by atoms with Gasteiger partial charge < -0.3 is 10.2 Å². The molecule has 100 valence electrons. The summed E-state index contributed by atoms with van der Waals surface area (Å²) in [7, 11) is 0. The number of carbonyl (C=O) groups excluding carboxylic acids is 1. The fourth-order valence-corrected chi connectivity index (χ4v) is 4.91. The molecule has 4 heteroatoms. The van der Waals surface area contributed by atoms with E-state index in [1.807, 2.05) is 11.8 Å². The number of fused-ring (bicyclic) bond motifs is 2. The number of carbonyl (C=O) groups is 1. The number of rotatable bonds is 1. The minimum absolute atomic E-state index is 0.0838. The summed E-state index contributed by atoms with van der Waals surface area (Å²) >= 11 is 1.83. The molecule has 2 fully saturated rings. The molecule has 0 radical (unpaired) electrons. The normalized spacial score (nSPS) is 32.4. The van der Waals surface area contributed by atoms with E-state index >= 15 is 0 Å². The van der Waals surface area contributed by atoms with Gasteiger partial charge in [-0.1, -0.05) is 18.2 Å². The predicted octanol–water partition coefficient (Wildman–Crippen LogP) is 1.70. The summed E-state index contributed by atoms with van der Waals surface area (Å²) in [5.41, 5.74) is 1.24. The van der Waals surface area contributed by atoms with Crippen LogP contribution in [0.15, 0.2) is 29.2 Å². The van der Waals surface area contributed by atoms with E-state index in [4.69, 9.17) is 0 Å². The number of thioether (sulfide) groups is 1. The van der Waals surface area contributed by atoms with E-state index in [2.05, 4.69) is 34.5 Å². The Hall–Kier alpha value is -1.00. The monoisotopic (exact) mass is 274 g/mol. The molecule has 2 saturated heterocycles. The van der Waals surface area contributed by atoms with Crippen LogP contribution in [-0.2, 0) is 4.79 Å². The van der Waals surface area contributed by atoms with Gasteiger partial charge in [-0.15, -0.1) is 11.8 Å². The zero-order valence-electron chi connectivity index (χ0n) is 10.8. The summed E-state index contributed by atoms with van der Waals surface area (Å²) in [5, 5.41) is 3.42. The number of benzene rings is 1. The lowest BCUT2D eigenvalue weighted by atomic mass is 9.99. The first-order valence-corrected chi connectivity index (χ1v) is 8.06. The van der Waals surface area contributed by atoms with E-state index in [0.717, 1.165) is 25.4 Å². The predicted molar refractivity (Wildman–Crippen MR) is 76.4 cm³/mol. The Morgan fingerprint density at radius 1 is 1.32 bits per heavy atom. The average molecular weight is 274 g/mol. The van der Waals surface area contributed by atoms with Gasteiger partial charge in [-0.2, -0.15) is 0 Å². The van der Waals surface area contributed by atoms with Crippen LogP contribution in [0, 0.1) is 5.92 Å². The molecule has 0 bridgehead atoms. The van der Waals surface area contributed by atoms with Crippen molar-refractivity contribution in [2.24, 2.45) is 5.92 Å². The first-order chi connectivity index (χ1) is 9.34. The second kappa shape index (κ2) is 4.53. The largest absolute Gasteiger partial charge is 0.338 e. The number of hydrogen-bond acceptors (Lipinski definition) is 3. The van der Waals surface area contributed by atoms with Crippen molar-refractivity contribution in [2.75, 3.05) is 25.4 Å². The summed E-state index contributed by atoms with van der Waals surface area (Å²) in [6.07, 6.45) is 1.17. The Bertz CT molecular complexity index is 519. The molecule has 1 unspecified atom stereocenters. The molecular weight excluding hydrogens is 256 g/mol. The Labute approximate surface area is 117 Å². The first kappa shape index (κ1) is 11.8. The molecule has 0 aliphatic carbocycles. The van der Waals surface area contributed by atoms with Crippen LogP contribution in [0.3, 0.4) is 0 Å². The van der Waals surface area contributed by atoms with Gasteiger partial charge in [0.2, 0.25) is 5.91 Å². The lowest BCUT2D eigenvalue weighted by Crippen LogP contribution is -2.41. The fourth-order valence-electron chi connectivity index (χ4n) is 3.69. The van der Waals surface area contributed by atoms with Gasteiger partial charge in [-0.25, -0.2) is 0 Å². The van der Waals surface area contributed by atoms with Gasteiger partial charge in [0, 0.05) is 36.3 Å². The average Bonchev–Trinajstić information content (AvgIpc) is 3.12. The van der Waals surface area contributed by atoms with E-state index in [-0.39, 0.29) is 5.92 Å². The molecule has 0 spiro atoms. The maximum atomic E-state index is 12.8. The smallest absolute Gasteiger partial charge is 0.231 e. The van der Waals surface area contributed by atoms with Crippen molar-refractivity contribution in [1.82, 2.24) is 10.2 Å². The third kappa shape index (κ3) is 1.81. The van der Waals surface area contributed by atoms with E-state index < -0.39 is 0 Å². The Balaban J connectivity index is 1.59. The Morgan fingerprint density at radius 3 is 3.16 bits per heavy atom. The summed E-state index contributed by atoms with van der Waals surface area (Å²) in [4.78, 5) is 16.3. The van der Waals surface area contributed by atoms with Gasteiger partial charge in [0.05, 0.1) is 5.92 Å². The molecule has 1 aromatic carbocycles. The SMILES string of the molecule is O=C(C1CSc2ccccc21)N1CC[C@H]2CNC[C@H]21. The van der Waals surface area contributed by atoms with Crippen molar-refractivity contribution >= 4 is 17.7 Å². The molecule has 0 aromatic heterocycles. The zero-order chi connectivity index (χ0) is 12.8. The summed E-state index contributed by atoms with van der Waals surface area (Å²) < 4.78 is 0. The highest BCUT2D eigenvalue weighted by Gasteiger charge is 2.43. The third-order valence-corrected chi connectivity index (χ3v) is 5.91. The van der Waals surface area contributed by atoms with Gasteiger partial charge >= 0.3 is 0 Å². The van der Waals surface area contributed by atoms with Crippen molar-refractivity contribution in [3.63, 3.8) is 0 Å². The maximum absolute atomic E-state index is 12.8. The number of nitrogens with zero attached hydrogens (tertiary/aromatic N) is 1. The van der Waals surface area contributed by atoms with E-state index in [1.165, 1.54) is 16.9 Å². The number of hydrogen-bond donors (Lipinski definition) is 1. The standard InChI is InChI=1S/C15H18N2OS/c18-15(17-6-5-10-7-16-8-13(10)17)12-9-19-14-4-2-1-3-11(12)14/h1-4,10,12-13,16H,5-9H2/t10-,12?,13+/m0/s1. The van der Waals surface area contributed by atoms with Crippen molar-refractivity contribution in [3.05, 3.63) is 29.8 Å². The van der Waals surface area contributed by atoms with Gasteiger partial charge in [0.25, 0.3) is 0 Å². The summed E-state index contributed by atoms with van der Waals surface area (Å²) in [6, 6.07) is 8.82. The summed E-state index contributed by atoms with van der Waals surface area (Å²) in [5.74, 6) is 2.04. The Morgan fingerprint density at radius 2 is 2.21 bits per heavy atom. The van der Waals surface area contributed by atoms with Crippen molar-refractivity contribution in [2.45, 2.75) is 23.3 Å². The van der Waals surface area contributed by atoms with Crippen LogP contribution in [-0.4, -0.2) is 42.2 Å². The molecule has 19 heavy (non-hydrogen) atoms. The summed E-state index contributed by atoms with van der Waals surface area (Å²) in [6.45, 7) is 3.03. The van der Waals surface area contributed by atoms with Gasteiger partial charge in [0.15, 0.2) is 0 Å². The molecule has 1 aromatic rings. The quantitative estimate of drug-likeness (QED) is 0.846. The molecule has 3 aliphatic heterocycles. The highest BCUT2D eigenvalue weighted by atomic mass is 32.2. The number of amides is 1. The second-order valence-electron chi connectivity index (χ2n) is 5.71. The molecule has 3 atom stereocenters. The van der Waals surface area contributed by atoms with Crippen molar-refractivity contribution < 1.29 is 4.79 Å². The van der Waals surface area contributed by atoms with Crippen LogP contribution in [0.4, 0.5) is 0 Å². The molecule has 3 heterocycles. The van der Waals surface area contributed by atoms with Crippen LogP contribution < -0.4 is 5.32 Å². The van der Waals surface area contributed by atoms with E-state index in [1.54, 1.807) is 0 Å². The zero-order valence-corrected chi connectivity index (χ0v) is 11.7.